The molecule has 2 N–H and O–H groups in total. The Labute approximate surface area is 215 Å². The van der Waals surface area contributed by atoms with Crippen LogP contribution >= 0.6 is 0 Å². The Balaban J connectivity index is 1.36. The summed E-state index contributed by atoms with van der Waals surface area (Å²) in [7, 11) is 0. The third-order valence-corrected chi connectivity index (χ3v) is 8.08. The van der Waals surface area contributed by atoms with Crippen molar-refractivity contribution in [1.82, 2.24) is 4.90 Å². The molecule has 3 fully saturated rings. The molecule has 2 heterocycles. The average molecular weight is 493 g/mol. The van der Waals surface area contributed by atoms with E-state index in [2.05, 4.69) is 43.1 Å². The molecule has 5 rings (SSSR count). The normalized spacial score (nSPS) is 31.8. The molecule has 1 saturated carbocycles. The number of nitrogens with one attached hydrogen (secondary N) is 1. The number of benzene rings is 2. The van der Waals surface area contributed by atoms with Gasteiger partial charge in [-0.3, -0.25) is 9.69 Å². The lowest BCUT2D eigenvalue weighted by Gasteiger charge is -2.41. The summed E-state index contributed by atoms with van der Waals surface area (Å²) in [6.45, 7) is 10.9. The van der Waals surface area contributed by atoms with Crippen molar-refractivity contribution in [2.75, 3.05) is 18.4 Å². The van der Waals surface area contributed by atoms with Crippen LogP contribution in [-0.2, 0) is 20.9 Å². The van der Waals surface area contributed by atoms with Gasteiger partial charge < -0.3 is 19.9 Å². The maximum Gasteiger partial charge on any atom is 0.221 e. The number of anilines is 1. The first kappa shape index (κ1) is 25.4. The minimum Gasteiger partial charge on any atom is -0.392 e. The van der Waals surface area contributed by atoms with Gasteiger partial charge in [0.15, 0.2) is 6.29 Å². The van der Waals surface area contributed by atoms with Gasteiger partial charge in [0.05, 0.1) is 18.8 Å². The van der Waals surface area contributed by atoms with Gasteiger partial charge in [0.25, 0.3) is 0 Å². The van der Waals surface area contributed by atoms with Gasteiger partial charge in [-0.25, -0.2) is 0 Å². The summed E-state index contributed by atoms with van der Waals surface area (Å²) in [5.41, 5.74) is 4.48. The number of aliphatic hydroxyl groups is 1. The molecule has 5 unspecified atom stereocenters. The number of carbonyl (C=O) groups excluding carboxylic acids is 1. The summed E-state index contributed by atoms with van der Waals surface area (Å²) in [6.07, 6.45) is 4.07. The fourth-order valence-electron chi connectivity index (χ4n) is 7.01. The Morgan fingerprint density at radius 3 is 2.39 bits per heavy atom. The van der Waals surface area contributed by atoms with Crippen LogP contribution in [0.3, 0.4) is 0 Å². The molecule has 6 nitrogen and oxygen atoms in total. The van der Waals surface area contributed by atoms with Crippen LogP contribution < -0.4 is 5.32 Å². The topological polar surface area (TPSA) is 71.0 Å². The molecular weight excluding hydrogens is 452 g/mol. The van der Waals surface area contributed by atoms with Crippen molar-refractivity contribution < 1.29 is 19.4 Å². The van der Waals surface area contributed by atoms with Gasteiger partial charge in [-0.1, -0.05) is 57.2 Å². The van der Waals surface area contributed by atoms with Crippen LogP contribution in [0.2, 0.25) is 0 Å². The zero-order valence-corrected chi connectivity index (χ0v) is 22.0. The summed E-state index contributed by atoms with van der Waals surface area (Å²) in [4.78, 5) is 14.1. The summed E-state index contributed by atoms with van der Waals surface area (Å²) in [6, 6.07) is 16.4. The maximum atomic E-state index is 11.4. The molecule has 3 aliphatic rings. The number of likely N-dealkylation sites (tertiary alicyclic amines) is 1. The van der Waals surface area contributed by atoms with Gasteiger partial charge in [0, 0.05) is 43.7 Å². The van der Waals surface area contributed by atoms with Crippen molar-refractivity contribution >= 4 is 11.6 Å². The van der Waals surface area contributed by atoms with Crippen LogP contribution in [0.25, 0.3) is 0 Å². The average Bonchev–Trinajstić information content (AvgIpc) is 3.06. The van der Waals surface area contributed by atoms with Crippen LogP contribution in [0.4, 0.5) is 5.69 Å². The molecule has 194 valence electrons. The van der Waals surface area contributed by atoms with E-state index in [-0.39, 0.29) is 24.7 Å². The molecule has 0 radical (unpaired) electrons. The van der Waals surface area contributed by atoms with E-state index in [1.54, 1.807) is 0 Å². The number of fused-ring (bicyclic) bond motifs is 2. The maximum absolute atomic E-state index is 11.4. The molecule has 6 heteroatoms. The summed E-state index contributed by atoms with van der Waals surface area (Å²) in [5, 5.41) is 12.3. The van der Waals surface area contributed by atoms with Crippen molar-refractivity contribution in [3.63, 3.8) is 0 Å². The second kappa shape index (κ2) is 9.90. The highest BCUT2D eigenvalue weighted by Gasteiger charge is 2.50. The molecular formula is C30H40N2O4. The number of rotatable bonds is 6. The van der Waals surface area contributed by atoms with E-state index in [9.17, 15) is 9.90 Å². The predicted octanol–water partition coefficient (Wildman–Crippen LogP) is 5.58. The highest BCUT2D eigenvalue weighted by molar-refractivity contribution is 5.88. The Kier molecular flexibility index (Phi) is 6.98. The van der Waals surface area contributed by atoms with E-state index in [0.29, 0.717) is 16.9 Å². The summed E-state index contributed by atoms with van der Waals surface area (Å²) >= 11 is 0. The first-order chi connectivity index (χ1) is 17.1. The van der Waals surface area contributed by atoms with Gasteiger partial charge in [-0.15, -0.1) is 0 Å². The molecule has 5 atom stereocenters. The SMILES string of the molecule is CC(=O)Nc1ccc(C2OC(CN3CC4(C)CC3CC(C)(C)C4)CC(c3ccc(CO)cc3)O2)cc1. The standard InChI is InChI=1S/C30H40N2O4/c1-20(34)31-24-11-9-23(10-12-24)28-35-26(13-27(36-28)22-7-5-21(17-33)6-8-22)16-32-19-30(4)15-25(32)14-29(2,3)18-30/h5-12,25-28,33H,13-19H2,1-4H3,(H,31,34). The number of aliphatic hydroxyl groups excluding tert-OH is 1. The molecule has 36 heavy (non-hydrogen) atoms. The second-order valence-corrected chi connectivity index (χ2v) is 12.3. The minimum absolute atomic E-state index is 0.0340. The number of nitrogens with zero attached hydrogens (tertiary/aromatic N) is 1. The second-order valence-electron chi connectivity index (χ2n) is 12.3. The molecule has 2 saturated heterocycles. The van der Waals surface area contributed by atoms with Gasteiger partial charge in [-0.2, -0.15) is 0 Å². The lowest BCUT2D eigenvalue weighted by molar-refractivity contribution is -0.253. The lowest BCUT2D eigenvalue weighted by Crippen LogP contribution is -2.42. The van der Waals surface area contributed by atoms with E-state index in [1.807, 2.05) is 36.4 Å². The number of hydrogen-bond donors (Lipinski definition) is 2. The van der Waals surface area contributed by atoms with Crippen LogP contribution in [-0.4, -0.2) is 41.1 Å². The van der Waals surface area contributed by atoms with Crippen LogP contribution in [0.5, 0.6) is 0 Å². The Morgan fingerprint density at radius 2 is 1.72 bits per heavy atom. The van der Waals surface area contributed by atoms with Crippen molar-refractivity contribution in [1.29, 1.82) is 0 Å². The fourth-order valence-corrected chi connectivity index (χ4v) is 7.01. The summed E-state index contributed by atoms with van der Waals surface area (Å²) in [5.74, 6) is -0.0907. The van der Waals surface area contributed by atoms with Gasteiger partial charge in [0.1, 0.15) is 0 Å². The van der Waals surface area contributed by atoms with Crippen LogP contribution in [0, 0.1) is 10.8 Å². The smallest absolute Gasteiger partial charge is 0.221 e. The highest BCUT2D eigenvalue weighted by Crippen LogP contribution is 2.53. The molecule has 2 aromatic carbocycles. The number of hydrogen-bond acceptors (Lipinski definition) is 5. The van der Waals surface area contributed by atoms with E-state index in [4.69, 9.17) is 9.47 Å². The molecule has 1 amide bonds. The Morgan fingerprint density at radius 1 is 1.03 bits per heavy atom. The number of ether oxygens (including phenoxy) is 2. The third kappa shape index (κ3) is 5.67. The first-order valence-corrected chi connectivity index (χ1v) is 13.2. The largest absolute Gasteiger partial charge is 0.392 e. The monoisotopic (exact) mass is 492 g/mol. The van der Waals surface area contributed by atoms with Crippen LogP contribution in [0.15, 0.2) is 48.5 Å². The molecule has 2 aliphatic heterocycles. The van der Waals surface area contributed by atoms with Crippen LogP contribution in [0.1, 0.15) is 82.5 Å². The van der Waals surface area contributed by atoms with Gasteiger partial charge in [0.2, 0.25) is 5.91 Å². The zero-order chi connectivity index (χ0) is 25.5. The highest BCUT2D eigenvalue weighted by atomic mass is 16.7. The number of amides is 1. The van der Waals surface area contributed by atoms with Gasteiger partial charge in [-0.05, 0) is 53.4 Å². The Hall–Kier alpha value is -2.25. The van der Waals surface area contributed by atoms with E-state index in [1.165, 1.54) is 26.2 Å². The van der Waals surface area contributed by atoms with Crippen molar-refractivity contribution in [3.05, 3.63) is 65.2 Å². The van der Waals surface area contributed by atoms with Gasteiger partial charge >= 0.3 is 0 Å². The number of carbonyl (C=O) groups is 1. The van der Waals surface area contributed by atoms with Crippen molar-refractivity contribution in [2.45, 2.75) is 84.5 Å². The quantitative estimate of drug-likeness (QED) is 0.551. The van der Waals surface area contributed by atoms with E-state index >= 15 is 0 Å². The molecule has 1 aliphatic carbocycles. The third-order valence-electron chi connectivity index (χ3n) is 8.08. The van der Waals surface area contributed by atoms with E-state index in [0.717, 1.165) is 41.9 Å². The minimum atomic E-state index is -0.480. The predicted molar refractivity (Wildman–Crippen MR) is 140 cm³/mol. The molecule has 2 aromatic rings. The zero-order valence-electron chi connectivity index (χ0n) is 22.0. The van der Waals surface area contributed by atoms with E-state index < -0.39 is 6.29 Å². The molecule has 0 aromatic heterocycles. The molecule has 2 bridgehead atoms. The summed E-state index contributed by atoms with van der Waals surface area (Å²) < 4.78 is 13.1. The lowest BCUT2D eigenvalue weighted by atomic mass is 9.65. The van der Waals surface area contributed by atoms with Crippen molar-refractivity contribution in [2.24, 2.45) is 10.8 Å². The first-order valence-electron chi connectivity index (χ1n) is 13.2. The Bertz CT molecular complexity index is 1070. The molecule has 0 spiro atoms. The fraction of sp³-hybridized carbons (Fsp3) is 0.567. The van der Waals surface area contributed by atoms with Crippen molar-refractivity contribution in [3.8, 4) is 0 Å².